The molecule has 2 rings (SSSR count). The lowest BCUT2D eigenvalue weighted by molar-refractivity contribution is 0.455. The number of rotatable bonds is 2. The maximum atomic E-state index is 11.1. The third-order valence-electron chi connectivity index (χ3n) is 1.53. The molecule has 0 spiro atoms. The molecule has 0 unspecified atom stereocenters. The molecule has 15 heavy (non-hydrogen) atoms. The second-order valence-electron chi connectivity index (χ2n) is 2.62. The second kappa shape index (κ2) is 3.28. The molecule has 0 saturated carbocycles. The highest BCUT2D eigenvalue weighted by Gasteiger charge is 2.06. The summed E-state index contributed by atoms with van der Waals surface area (Å²) in [7, 11) is 0. The highest BCUT2D eigenvalue weighted by Crippen LogP contribution is 2.10. The monoisotopic (exact) mass is 230 g/mol. The molecule has 0 radical (unpaired) electrons. The van der Waals surface area contributed by atoms with Gasteiger partial charge in [-0.05, 0) is 0 Å². The van der Waals surface area contributed by atoms with Crippen molar-refractivity contribution in [3.63, 3.8) is 0 Å². The molecule has 9 heteroatoms. The zero-order valence-corrected chi connectivity index (χ0v) is 7.98. The third-order valence-corrected chi connectivity index (χ3v) is 2.42. The molecular weight excluding hydrogens is 224 g/mol. The Bertz CT molecular complexity index is 539. The van der Waals surface area contributed by atoms with Crippen molar-refractivity contribution >= 4 is 12.1 Å². The lowest BCUT2D eigenvalue weighted by Gasteiger charge is -1.96. The van der Waals surface area contributed by atoms with Crippen LogP contribution in [0.3, 0.4) is 0 Å². The molecule has 8 nitrogen and oxygen atoms in total. The van der Waals surface area contributed by atoms with Crippen molar-refractivity contribution in [1.29, 1.82) is 0 Å². The fourth-order valence-electron chi connectivity index (χ4n) is 0.949. The number of nitrogens with one attached hydrogen (secondary N) is 2. The first-order chi connectivity index (χ1) is 7.06. The van der Waals surface area contributed by atoms with E-state index in [1.165, 1.54) is 0 Å². The number of hydrogen-bond donors (Lipinski definition) is 4. The van der Waals surface area contributed by atoms with E-state index in [2.05, 4.69) is 9.97 Å². The van der Waals surface area contributed by atoms with E-state index < -0.39 is 11.4 Å². The van der Waals surface area contributed by atoms with E-state index in [9.17, 15) is 9.59 Å². The fourth-order valence-corrected chi connectivity index (χ4v) is 1.67. The Morgan fingerprint density at radius 1 is 1.00 bits per heavy atom. The molecular formula is C6H6N4O4S. The van der Waals surface area contributed by atoms with Gasteiger partial charge in [-0.25, -0.2) is 17.5 Å². The van der Waals surface area contributed by atoms with E-state index in [1.807, 2.05) is 0 Å². The SMILES string of the molecule is O=c1[nH]c(O)cn1Sn1cc(O)[nH]c1=O. The Balaban J connectivity index is 2.37. The summed E-state index contributed by atoms with van der Waals surface area (Å²) in [5, 5.41) is 17.9. The normalized spacial score (nSPS) is 10.7. The number of H-pyrrole nitrogens is 2. The fraction of sp³-hybridized carbons (Fsp3) is 0. The molecule has 0 fully saturated rings. The molecule has 2 heterocycles. The number of aromatic hydroxyl groups is 2. The molecule has 0 aliphatic carbocycles. The van der Waals surface area contributed by atoms with Gasteiger partial charge in [-0.15, -0.1) is 0 Å². The van der Waals surface area contributed by atoms with Crippen LogP contribution in [0.15, 0.2) is 22.0 Å². The molecule has 2 aromatic heterocycles. The van der Waals surface area contributed by atoms with Crippen molar-refractivity contribution in [3.05, 3.63) is 33.4 Å². The molecule has 0 aromatic carbocycles. The van der Waals surface area contributed by atoms with Crippen LogP contribution in [0.25, 0.3) is 0 Å². The molecule has 80 valence electrons. The van der Waals surface area contributed by atoms with Crippen LogP contribution in [0, 0.1) is 0 Å². The average Bonchev–Trinajstić information content (AvgIpc) is 2.58. The van der Waals surface area contributed by atoms with Crippen LogP contribution in [-0.2, 0) is 0 Å². The molecule has 0 aliphatic heterocycles. The number of nitrogens with zero attached hydrogens (tertiary/aromatic N) is 2. The maximum absolute atomic E-state index is 11.1. The van der Waals surface area contributed by atoms with Crippen molar-refractivity contribution in [2.75, 3.05) is 0 Å². The van der Waals surface area contributed by atoms with Gasteiger partial charge in [-0.3, -0.25) is 9.97 Å². The summed E-state index contributed by atoms with van der Waals surface area (Å²) in [5.74, 6) is -0.611. The molecule has 0 aliphatic rings. The average molecular weight is 230 g/mol. The Morgan fingerprint density at radius 3 is 1.67 bits per heavy atom. The van der Waals surface area contributed by atoms with E-state index in [0.717, 1.165) is 20.3 Å². The van der Waals surface area contributed by atoms with Gasteiger partial charge in [-0.1, -0.05) is 0 Å². The van der Waals surface area contributed by atoms with Gasteiger partial charge in [0, 0.05) is 0 Å². The molecule has 0 amide bonds. The Hall–Kier alpha value is -2.03. The van der Waals surface area contributed by atoms with Crippen LogP contribution in [0.5, 0.6) is 11.8 Å². The Labute approximate surface area is 86.1 Å². The first kappa shape index (κ1) is 9.52. The van der Waals surface area contributed by atoms with E-state index in [4.69, 9.17) is 10.2 Å². The Morgan fingerprint density at radius 2 is 1.40 bits per heavy atom. The van der Waals surface area contributed by atoms with Crippen LogP contribution >= 0.6 is 12.1 Å². The van der Waals surface area contributed by atoms with Gasteiger partial charge in [0.15, 0.2) is 0 Å². The largest absolute Gasteiger partial charge is 0.493 e. The first-order valence-corrected chi connectivity index (χ1v) is 4.49. The number of hydrogen-bond acceptors (Lipinski definition) is 5. The van der Waals surface area contributed by atoms with Crippen molar-refractivity contribution in [2.24, 2.45) is 0 Å². The highest BCUT2D eigenvalue weighted by molar-refractivity contribution is 7.96. The quantitative estimate of drug-likeness (QED) is 0.530. The minimum absolute atomic E-state index is 0.305. The van der Waals surface area contributed by atoms with Gasteiger partial charge in [0.1, 0.15) is 0 Å². The topological polar surface area (TPSA) is 116 Å². The van der Waals surface area contributed by atoms with Crippen LogP contribution in [0.1, 0.15) is 0 Å². The summed E-state index contributed by atoms with van der Waals surface area (Å²) in [6.45, 7) is 0. The highest BCUT2D eigenvalue weighted by atomic mass is 32.2. The summed E-state index contributed by atoms with van der Waals surface area (Å²) in [4.78, 5) is 26.4. The van der Waals surface area contributed by atoms with E-state index in [0.29, 0.717) is 12.1 Å². The minimum atomic E-state index is -0.579. The predicted octanol–water partition coefficient (Wildman–Crippen LogP) is -0.963. The summed E-state index contributed by atoms with van der Waals surface area (Å²) in [6, 6.07) is 0. The maximum Gasteiger partial charge on any atom is 0.339 e. The van der Waals surface area contributed by atoms with Gasteiger partial charge >= 0.3 is 11.4 Å². The number of imidazole rings is 2. The van der Waals surface area contributed by atoms with Gasteiger partial charge in [0.05, 0.1) is 24.5 Å². The van der Waals surface area contributed by atoms with Gasteiger partial charge < -0.3 is 10.2 Å². The lowest BCUT2D eigenvalue weighted by atomic mass is 10.9. The van der Waals surface area contributed by atoms with Crippen molar-refractivity contribution in [3.8, 4) is 11.8 Å². The third kappa shape index (κ3) is 1.76. The van der Waals surface area contributed by atoms with Crippen molar-refractivity contribution in [1.82, 2.24) is 17.9 Å². The first-order valence-electron chi connectivity index (χ1n) is 3.76. The summed E-state index contributed by atoms with van der Waals surface area (Å²) >= 11 is 0.708. The summed E-state index contributed by atoms with van der Waals surface area (Å²) in [6.07, 6.45) is 2.23. The molecule has 4 N–H and O–H groups in total. The lowest BCUT2D eigenvalue weighted by Crippen LogP contribution is -2.17. The van der Waals surface area contributed by atoms with Crippen molar-refractivity contribution in [2.45, 2.75) is 0 Å². The number of aromatic nitrogens is 4. The minimum Gasteiger partial charge on any atom is -0.493 e. The van der Waals surface area contributed by atoms with Crippen LogP contribution in [0.2, 0.25) is 0 Å². The van der Waals surface area contributed by atoms with Crippen LogP contribution in [-0.4, -0.2) is 28.1 Å². The number of aromatic amines is 2. The smallest absolute Gasteiger partial charge is 0.339 e. The van der Waals surface area contributed by atoms with E-state index >= 15 is 0 Å². The van der Waals surface area contributed by atoms with Gasteiger partial charge in [0.25, 0.3) is 0 Å². The second-order valence-corrected chi connectivity index (χ2v) is 3.57. The molecule has 0 atom stereocenters. The van der Waals surface area contributed by atoms with Crippen LogP contribution in [0.4, 0.5) is 0 Å². The Kier molecular flexibility index (Phi) is 2.08. The van der Waals surface area contributed by atoms with Crippen molar-refractivity contribution < 1.29 is 10.2 Å². The summed E-state index contributed by atoms with van der Waals surface area (Å²) < 4.78 is 2.01. The zero-order valence-electron chi connectivity index (χ0n) is 7.17. The van der Waals surface area contributed by atoms with E-state index in [-0.39, 0.29) is 11.8 Å². The van der Waals surface area contributed by atoms with Crippen LogP contribution < -0.4 is 11.4 Å². The molecule has 0 bridgehead atoms. The zero-order chi connectivity index (χ0) is 11.0. The van der Waals surface area contributed by atoms with Gasteiger partial charge in [-0.2, -0.15) is 0 Å². The summed E-state index contributed by atoms with van der Waals surface area (Å²) in [5.41, 5.74) is -1.16. The van der Waals surface area contributed by atoms with E-state index in [1.54, 1.807) is 0 Å². The predicted molar refractivity (Wildman–Crippen MR) is 51.8 cm³/mol. The molecule has 2 aromatic rings. The van der Waals surface area contributed by atoms with Gasteiger partial charge in [0.2, 0.25) is 11.8 Å². The molecule has 0 saturated heterocycles. The standard InChI is InChI=1S/C6H6N4O4S/c11-3-1-9(5(13)7-3)15-10-2-4(12)8-6(10)14/h1-2,11-12H,(H,7,13)(H,8,14).